The Morgan fingerprint density at radius 2 is 2.27 bits per heavy atom. The number of urea groups is 1. The van der Waals surface area contributed by atoms with Gasteiger partial charge in [-0.1, -0.05) is 12.1 Å². The first-order valence-corrected chi connectivity index (χ1v) is 5.03. The quantitative estimate of drug-likeness (QED) is 0.781. The van der Waals surface area contributed by atoms with Crippen LogP contribution in [0.25, 0.3) is 0 Å². The van der Waals surface area contributed by atoms with Crippen LogP contribution in [0.15, 0.2) is 24.3 Å². The predicted molar refractivity (Wildman–Crippen MR) is 54.8 cm³/mol. The second-order valence-corrected chi connectivity index (χ2v) is 3.73. The molecule has 0 aliphatic heterocycles. The Bertz CT molecular complexity index is 363. The van der Waals surface area contributed by atoms with E-state index in [1.165, 1.54) is 12.1 Å². The molecule has 0 heterocycles. The molecule has 1 saturated carbocycles. The number of carbonyl (C=O) groups excluding carboxylic acids is 1. The zero-order valence-electron chi connectivity index (χ0n) is 8.29. The molecule has 1 fully saturated rings. The molecule has 0 atom stereocenters. The molecule has 0 saturated heterocycles. The summed E-state index contributed by atoms with van der Waals surface area (Å²) < 4.78 is 12.8. The van der Waals surface area contributed by atoms with E-state index < -0.39 is 0 Å². The Morgan fingerprint density at radius 3 is 2.93 bits per heavy atom. The van der Waals surface area contributed by atoms with E-state index in [-0.39, 0.29) is 11.8 Å². The van der Waals surface area contributed by atoms with E-state index in [1.54, 1.807) is 12.1 Å². The van der Waals surface area contributed by atoms with E-state index >= 15 is 0 Å². The zero-order chi connectivity index (χ0) is 10.7. The summed E-state index contributed by atoms with van der Waals surface area (Å²) in [5.41, 5.74) is 0.765. The number of amides is 2. The average molecular weight is 208 g/mol. The number of hydrogen-bond acceptors (Lipinski definition) is 1. The molecule has 15 heavy (non-hydrogen) atoms. The first-order valence-electron chi connectivity index (χ1n) is 5.03. The second kappa shape index (κ2) is 4.29. The van der Waals surface area contributed by atoms with Crippen molar-refractivity contribution in [2.45, 2.75) is 25.4 Å². The van der Waals surface area contributed by atoms with Gasteiger partial charge in [0.05, 0.1) is 0 Å². The van der Waals surface area contributed by atoms with Gasteiger partial charge in [0.1, 0.15) is 5.82 Å². The van der Waals surface area contributed by atoms with Gasteiger partial charge in [-0.15, -0.1) is 0 Å². The van der Waals surface area contributed by atoms with Crippen molar-refractivity contribution in [3.63, 3.8) is 0 Å². The summed E-state index contributed by atoms with van der Waals surface area (Å²) in [6.07, 6.45) is 2.13. The Balaban J connectivity index is 1.78. The highest BCUT2D eigenvalue weighted by Crippen LogP contribution is 2.18. The van der Waals surface area contributed by atoms with Crippen molar-refractivity contribution >= 4 is 6.03 Å². The molecular weight excluding hydrogens is 195 g/mol. The molecule has 1 aromatic rings. The van der Waals surface area contributed by atoms with Gasteiger partial charge in [0.15, 0.2) is 0 Å². The largest absolute Gasteiger partial charge is 0.335 e. The van der Waals surface area contributed by atoms with Gasteiger partial charge in [0.2, 0.25) is 0 Å². The Kier molecular flexibility index (Phi) is 2.85. The van der Waals surface area contributed by atoms with Crippen molar-refractivity contribution in [1.82, 2.24) is 10.6 Å². The highest BCUT2D eigenvalue weighted by atomic mass is 19.1. The standard InChI is InChI=1S/C11H13FN2O/c12-9-3-1-2-8(6-9)7-13-11(15)14-10-4-5-10/h1-3,6,10H,4-5,7H2,(H2,13,14,15). The Morgan fingerprint density at radius 1 is 1.47 bits per heavy atom. The van der Waals surface area contributed by atoms with E-state index in [4.69, 9.17) is 0 Å². The maximum absolute atomic E-state index is 12.8. The van der Waals surface area contributed by atoms with Gasteiger partial charge in [0, 0.05) is 12.6 Å². The fraction of sp³-hybridized carbons (Fsp3) is 0.364. The van der Waals surface area contributed by atoms with Crippen molar-refractivity contribution in [2.75, 3.05) is 0 Å². The normalized spacial score (nSPS) is 14.7. The minimum absolute atomic E-state index is 0.179. The van der Waals surface area contributed by atoms with Crippen molar-refractivity contribution in [3.8, 4) is 0 Å². The Hall–Kier alpha value is -1.58. The van der Waals surface area contributed by atoms with Crippen molar-refractivity contribution in [1.29, 1.82) is 0 Å². The number of nitrogens with one attached hydrogen (secondary N) is 2. The third-order valence-electron chi connectivity index (χ3n) is 2.25. The second-order valence-electron chi connectivity index (χ2n) is 3.73. The van der Waals surface area contributed by atoms with E-state index in [1.807, 2.05) is 0 Å². The zero-order valence-corrected chi connectivity index (χ0v) is 8.29. The minimum atomic E-state index is -0.281. The van der Waals surface area contributed by atoms with Crippen LogP contribution in [-0.2, 0) is 6.54 Å². The van der Waals surface area contributed by atoms with Gasteiger partial charge in [-0.3, -0.25) is 0 Å². The molecule has 1 aromatic carbocycles. The van der Waals surface area contributed by atoms with Crippen molar-refractivity contribution < 1.29 is 9.18 Å². The highest BCUT2D eigenvalue weighted by molar-refractivity contribution is 5.74. The predicted octanol–water partition coefficient (Wildman–Crippen LogP) is 1.79. The first kappa shape index (κ1) is 9.96. The number of carbonyl (C=O) groups is 1. The molecule has 2 rings (SSSR count). The summed E-state index contributed by atoms with van der Waals surface area (Å²) in [5.74, 6) is -0.281. The molecule has 0 radical (unpaired) electrons. The number of hydrogen-bond donors (Lipinski definition) is 2. The van der Waals surface area contributed by atoms with Crippen LogP contribution in [0.1, 0.15) is 18.4 Å². The van der Waals surface area contributed by atoms with Gasteiger partial charge in [-0.2, -0.15) is 0 Å². The van der Waals surface area contributed by atoms with Gasteiger partial charge in [0.25, 0.3) is 0 Å². The minimum Gasteiger partial charge on any atom is -0.335 e. The topological polar surface area (TPSA) is 41.1 Å². The fourth-order valence-corrected chi connectivity index (χ4v) is 1.29. The highest BCUT2D eigenvalue weighted by Gasteiger charge is 2.22. The van der Waals surface area contributed by atoms with Crippen LogP contribution in [-0.4, -0.2) is 12.1 Å². The van der Waals surface area contributed by atoms with Crippen molar-refractivity contribution in [2.24, 2.45) is 0 Å². The first-order chi connectivity index (χ1) is 7.24. The van der Waals surface area contributed by atoms with Crippen LogP contribution in [0.5, 0.6) is 0 Å². The lowest BCUT2D eigenvalue weighted by molar-refractivity contribution is 0.240. The van der Waals surface area contributed by atoms with E-state index in [2.05, 4.69) is 10.6 Å². The number of halogens is 1. The molecule has 0 bridgehead atoms. The summed E-state index contributed by atoms with van der Waals surface area (Å²) in [7, 11) is 0. The van der Waals surface area contributed by atoms with Gasteiger partial charge < -0.3 is 10.6 Å². The molecular formula is C11H13FN2O. The van der Waals surface area contributed by atoms with E-state index in [9.17, 15) is 9.18 Å². The summed E-state index contributed by atoms with van der Waals surface area (Å²) in [6, 6.07) is 6.37. The maximum Gasteiger partial charge on any atom is 0.315 e. The summed E-state index contributed by atoms with van der Waals surface area (Å²) in [6.45, 7) is 0.357. The molecule has 4 heteroatoms. The summed E-state index contributed by atoms with van der Waals surface area (Å²) >= 11 is 0. The molecule has 0 spiro atoms. The van der Waals surface area contributed by atoms with Crippen LogP contribution in [0.4, 0.5) is 9.18 Å². The van der Waals surface area contributed by atoms with Gasteiger partial charge in [-0.05, 0) is 30.5 Å². The molecule has 0 unspecified atom stereocenters. The summed E-state index contributed by atoms with van der Waals surface area (Å²) in [4.78, 5) is 11.2. The van der Waals surface area contributed by atoms with Crippen LogP contribution in [0.2, 0.25) is 0 Å². The van der Waals surface area contributed by atoms with Crippen LogP contribution < -0.4 is 10.6 Å². The molecule has 1 aliphatic carbocycles. The van der Waals surface area contributed by atoms with Crippen LogP contribution in [0, 0.1) is 5.82 Å². The maximum atomic E-state index is 12.8. The number of benzene rings is 1. The van der Waals surface area contributed by atoms with E-state index in [0.29, 0.717) is 12.6 Å². The monoisotopic (exact) mass is 208 g/mol. The average Bonchev–Trinajstić information content (AvgIpc) is 2.99. The fourth-order valence-electron chi connectivity index (χ4n) is 1.29. The third kappa shape index (κ3) is 3.23. The summed E-state index contributed by atoms with van der Waals surface area (Å²) in [5, 5.41) is 5.48. The molecule has 0 aromatic heterocycles. The van der Waals surface area contributed by atoms with Crippen molar-refractivity contribution in [3.05, 3.63) is 35.6 Å². The third-order valence-corrected chi connectivity index (χ3v) is 2.25. The van der Waals surface area contributed by atoms with Crippen LogP contribution >= 0.6 is 0 Å². The lowest BCUT2D eigenvalue weighted by atomic mass is 10.2. The SMILES string of the molecule is O=C(NCc1cccc(F)c1)NC1CC1. The van der Waals surface area contributed by atoms with Gasteiger partial charge >= 0.3 is 6.03 Å². The molecule has 3 nitrogen and oxygen atoms in total. The smallest absolute Gasteiger partial charge is 0.315 e. The molecule has 80 valence electrons. The lowest BCUT2D eigenvalue weighted by Crippen LogP contribution is -2.36. The number of rotatable bonds is 3. The Labute approximate surface area is 87.7 Å². The lowest BCUT2D eigenvalue weighted by Gasteiger charge is -2.06. The molecule has 2 N–H and O–H groups in total. The van der Waals surface area contributed by atoms with E-state index in [0.717, 1.165) is 18.4 Å². The van der Waals surface area contributed by atoms with Crippen LogP contribution in [0.3, 0.4) is 0 Å². The van der Waals surface area contributed by atoms with Gasteiger partial charge in [-0.25, -0.2) is 9.18 Å². The molecule has 1 aliphatic rings. The molecule has 2 amide bonds.